The summed E-state index contributed by atoms with van der Waals surface area (Å²) < 4.78 is 6.82. The number of carbonyl (C=O) groups excluding carboxylic acids is 1. The Morgan fingerprint density at radius 1 is 1.07 bits per heavy atom. The quantitative estimate of drug-likeness (QED) is 0.696. The highest BCUT2D eigenvalue weighted by atomic mass is 16.4. The van der Waals surface area contributed by atoms with Crippen LogP contribution in [0.15, 0.2) is 63.8 Å². The van der Waals surface area contributed by atoms with Crippen molar-refractivity contribution in [1.29, 1.82) is 0 Å². The number of amides is 1. The van der Waals surface area contributed by atoms with Gasteiger partial charge in [-0.2, -0.15) is 0 Å². The number of fused-ring (bicyclic) bond motifs is 1. The van der Waals surface area contributed by atoms with Crippen LogP contribution < -0.4 is 11.1 Å². The van der Waals surface area contributed by atoms with Crippen LogP contribution in [0.25, 0.3) is 11.1 Å². The van der Waals surface area contributed by atoms with Crippen molar-refractivity contribution >= 4 is 17.0 Å². The van der Waals surface area contributed by atoms with Crippen molar-refractivity contribution in [2.24, 2.45) is 0 Å². The van der Waals surface area contributed by atoms with E-state index < -0.39 is 0 Å². The zero-order valence-electron chi connectivity index (χ0n) is 15.3. The van der Waals surface area contributed by atoms with Crippen molar-refractivity contribution in [1.82, 2.24) is 9.88 Å². The molecule has 1 heterocycles. The average molecular weight is 364 g/mol. The van der Waals surface area contributed by atoms with Crippen molar-refractivity contribution < 1.29 is 9.21 Å². The second-order valence-electron chi connectivity index (χ2n) is 7.37. The number of nitrogens with one attached hydrogen (secondary N) is 1. The Morgan fingerprint density at radius 2 is 1.81 bits per heavy atom. The van der Waals surface area contributed by atoms with Crippen LogP contribution in [0.1, 0.15) is 37.7 Å². The number of benzene rings is 2. The first-order valence-corrected chi connectivity index (χ1v) is 9.59. The SMILES string of the molecule is O=C(CCCn1c(=O)oc2ccccc21)NCC1(c2ccccc2)CCC1. The van der Waals surface area contributed by atoms with Crippen LogP contribution in [-0.2, 0) is 16.8 Å². The summed E-state index contributed by atoms with van der Waals surface area (Å²) in [6, 6.07) is 17.8. The van der Waals surface area contributed by atoms with Gasteiger partial charge in [0.05, 0.1) is 5.52 Å². The standard InChI is InChI=1S/C22H24N2O3/c25-20(23-16-22(13-7-14-22)17-8-2-1-3-9-17)12-6-15-24-18-10-4-5-11-19(18)27-21(24)26/h1-5,8-11H,6-7,12-16H2,(H,23,25). The molecule has 2 aromatic carbocycles. The number of carbonyl (C=O) groups is 1. The highest BCUT2D eigenvalue weighted by Crippen LogP contribution is 2.43. The third kappa shape index (κ3) is 3.54. The Morgan fingerprint density at radius 3 is 2.56 bits per heavy atom. The molecule has 0 unspecified atom stereocenters. The summed E-state index contributed by atoms with van der Waals surface area (Å²) in [6.07, 6.45) is 4.45. The fraction of sp³-hybridized carbons (Fsp3) is 0.364. The number of oxazole rings is 1. The molecule has 5 nitrogen and oxygen atoms in total. The fourth-order valence-electron chi connectivity index (χ4n) is 3.94. The van der Waals surface area contributed by atoms with Gasteiger partial charge >= 0.3 is 5.76 Å². The Balaban J connectivity index is 1.31. The van der Waals surface area contributed by atoms with Crippen LogP contribution in [0.3, 0.4) is 0 Å². The van der Waals surface area contributed by atoms with E-state index in [0.717, 1.165) is 18.4 Å². The molecule has 1 fully saturated rings. The van der Waals surface area contributed by atoms with Crippen LogP contribution in [0.5, 0.6) is 0 Å². The number of rotatable bonds is 7. The molecule has 1 saturated carbocycles. The molecular formula is C22H24N2O3. The molecule has 5 heteroatoms. The molecule has 4 rings (SSSR count). The molecule has 1 N–H and O–H groups in total. The average Bonchev–Trinajstić information content (AvgIpc) is 2.97. The van der Waals surface area contributed by atoms with Crippen LogP contribution in [0.2, 0.25) is 0 Å². The monoisotopic (exact) mass is 364 g/mol. The summed E-state index contributed by atoms with van der Waals surface area (Å²) in [5.41, 5.74) is 2.77. The van der Waals surface area contributed by atoms with Gasteiger partial charge in [0.25, 0.3) is 0 Å². The van der Waals surface area contributed by atoms with Gasteiger partial charge in [0.15, 0.2) is 5.58 Å². The zero-order chi connectivity index (χ0) is 18.7. The molecular weight excluding hydrogens is 340 g/mol. The number of hydrogen-bond acceptors (Lipinski definition) is 3. The zero-order valence-corrected chi connectivity index (χ0v) is 15.3. The lowest BCUT2D eigenvalue weighted by Crippen LogP contribution is -2.45. The molecule has 0 bridgehead atoms. The number of hydrogen-bond donors (Lipinski definition) is 1. The summed E-state index contributed by atoms with van der Waals surface area (Å²) in [5.74, 6) is -0.327. The molecule has 0 atom stereocenters. The minimum atomic E-state index is -0.367. The van der Waals surface area contributed by atoms with E-state index in [0.29, 0.717) is 31.5 Å². The second kappa shape index (κ2) is 7.43. The van der Waals surface area contributed by atoms with Crippen molar-refractivity contribution in [2.45, 2.75) is 44.1 Å². The molecule has 0 saturated heterocycles. The predicted molar refractivity (Wildman–Crippen MR) is 105 cm³/mol. The molecule has 1 aliphatic carbocycles. The first-order valence-electron chi connectivity index (χ1n) is 9.59. The van der Waals surface area contributed by atoms with Crippen LogP contribution in [0, 0.1) is 0 Å². The summed E-state index contributed by atoms with van der Waals surface area (Å²) in [4.78, 5) is 24.3. The van der Waals surface area contributed by atoms with Crippen molar-refractivity contribution in [2.75, 3.05) is 6.54 Å². The van der Waals surface area contributed by atoms with Gasteiger partial charge in [-0.15, -0.1) is 0 Å². The molecule has 0 aliphatic heterocycles. The Labute approximate surface area is 158 Å². The molecule has 3 aromatic rings. The van der Waals surface area contributed by atoms with Gasteiger partial charge in [-0.1, -0.05) is 48.9 Å². The number of nitrogens with zero attached hydrogens (tertiary/aromatic N) is 1. The second-order valence-corrected chi connectivity index (χ2v) is 7.37. The van der Waals surface area contributed by atoms with Gasteiger partial charge in [-0.05, 0) is 37.0 Å². The topological polar surface area (TPSA) is 64.2 Å². The number of aromatic nitrogens is 1. The van der Waals surface area contributed by atoms with Crippen LogP contribution in [-0.4, -0.2) is 17.0 Å². The Hall–Kier alpha value is -2.82. The van der Waals surface area contributed by atoms with E-state index in [9.17, 15) is 9.59 Å². The van der Waals surface area contributed by atoms with E-state index in [2.05, 4.69) is 29.6 Å². The molecule has 1 amide bonds. The first kappa shape index (κ1) is 17.6. The molecule has 27 heavy (non-hydrogen) atoms. The van der Waals surface area contributed by atoms with Gasteiger partial charge < -0.3 is 9.73 Å². The summed E-state index contributed by atoms with van der Waals surface area (Å²) in [6.45, 7) is 1.16. The maximum atomic E-state index is 12.3. The Bertz CT molecular complexity index is 983. The summed E-state index contributed by atoms with van der Waals surface area (Å²) in [7, 11) is 0. The minimum Gasteiger partial charge on any atom is -0.408 e. The van der Waals surface area contributed by atoms with Gasteiger partial charge in [-0.25, -0.2) is 4.79 Å². The number of aryl methyl sites for hydroxylation is 1. The Kier molecular flexibility index (Phi) is 4.84. The molecule has 140 valence electrons. The van der Waals surface area contributed by atoms with Gasteiger partial charge in [0.1, 0.15) is 0 Å². The van der Waals surface area contributed by atoms with Crippen molar-refractivity contribution in [3.63, 3.8) is 0 Å². The molecule has 1 aliphatic rings. The predicted octanol–water partition coefficient (Wildman–Crippen LogP) is 3.61. The van der Waals surface area contributed by atoms with Crippen LogP contribution >= 0.6 is 0 Å². The summed E-state index contributed by atoms with van der Waals surface area (Å²) >= 11 is 0. The van der Waals surface area contributed by atoms with Gasteiger partial charge in [-0.3, -0.25) is 9.36 Å². The molecule has 0 radical (unpaired) electrons. The third-order valence-corrected chi connectivity index (χ3v) is 5.68. The van der Waals surface area contributed by atoms with E-state index in [1.165, 1.54) is 12.0 Å². The highest BCUT2D eigenvalue weighted by Gasteiger charge is 2.38. The lowest BCUT2D eigenvalue weighted by molar-refractivity contribution is -0.121. The lowest BCUT2D eigenvalue weighted by Gasteiger charge is -2.42. The minimum absolute atomic E-state index is 0.0399. The van der Waals surface area contributed by atoms with Crippen molar-refractivity contribution in [3.05, 3.63) is 70.7 Å². The van der Waals surface area contributed by atoms with Gasteiger partial charge in [0.2, 0.25) is 5.91 Å². The third-order valence-electron chi connectivity index (χ3n) is 5.68. The number of para-hydroxylation sites is 2. The van der Waals surface area contributed by atoms with E-state index >= 15 is 0 Å². The van der Waals surface area contributed by atoms with E-state index in [4.69, 9.17) is 4.42 Å². The van der Waals surface area contributed by atoms with E-state index in [1.807, 2.05) is 24.3 Å². The fourth-order valence-corrected chi connectivity index (χ4v) is 3.94. The molecule has 0 spiro atoms. The van der Waals surface area contributed by atoms with Crippen LogP contribution in [0.4, 0.5) is 0 Å². The normalized spacial score (nSPS) is 15.4. The van der Waals surface area contributed by atoms with E-state index in [1.54, 1.807) is 10.6 Å². The maximum Gasteiger partial charge on any atom is 0.419 e. The lowest BCUT2D eigenvalue weighted by atomic mass is 9.64. The van der Waals surface area contributed by atoms with Crippen molar-refractivity contribution in [3.8, 4) is 0 Å². The van der Waals surface area contributed by atoms with Gasteiger partial charge in [0, 0.05) is 24.9 Å². The summed E-state index contributed by atoms with van der Waals surface area (Å²) in [5, 5.41) is 3.11. The first-order chi connectivity index (χ1) is 13.2. The largest absolute Gasteiger partial charge is 0.419 e. The smallest absolute Gasteiger partial charge is 0.408 e. The molecule has 1 aromatic heterocycles. The maximum absolute atomic E-state index is 12.3. The van der Waals surface area contributed by atoms with E-state index in [-0.39, 0.29) is 17.1 Å². The highest BCUT2D eigenvalue weighted by molar-refractivity contribution is 5.76.